The smallest absolute Gasteiger partial charge is 0.119 e. The Bertz CT molecular complexity index is 657. The molecule has 0 amide bonds. The van der Waals surface area contributed by atoms with E-state index < -0.39 is 10.8 Å². The minimum absolute atomic E-state index is 0.0551. The molecule has 0 saturated carbocycles. The predicted octanol–water partition coefficient (Wildman–Crippen LogP) is 2.69. The number of rotatable bonds is 4. The Hall–Kier alpha value is -1.65. The first kappa shape index (κ1) is 14.3. The summed E-state index contributed by atoms with van der Waals surface area (Å²) < 4.78 is 18.2. The van der Waals surface area contributed by atoms with Gasteiger partial charge in [-0.05, 0) is 48.9 Å². The summed E-state index contributed by atoms with van der Waals surface area (Å²) in [6, 6.07) is 15.9. The summed E-state index contributed by atoms with van der Waals surface area (Å²) in [6.07, 6.45) is 0.826. The SMILES string of the molecule is CNC1c2cc(OC)ccc2CC1S(=O)c1ccccc1. The maximum Gasteiger partial charge on any atom is 0.119 e. The minimum Gasteiger partial charge on any atom is -0.497 e. The van der Waals surface area contributed by atoms with Gasteiger partial charge in [0.25, 0.3) is 0 Å². The number of benzene rings is 2. The lowest BCUT2D eigenvalue weighted by Gasteiger charge is -2.19. The monoisotopic (exact) mass is 301 g/mol. The number of nitrogens with one attached hydrogen (secondary N) is 1. The van der Waals surface area contributed by atoms with Crippen LogP contribution in [0, 0.1) is 0 Å². The van der Waals surface area contributed by atoms with E-state index in [2.05, 4.69) is 17.4 Å². The highest BCUT2D eigenvalue weighted by atomic mass is 32.2. The van der Waals surface area contributed by atoms with E-state index in [0.29, 0.717) is 0 Å². The van der Waals surface area contributed by atoms with Crippen LogP contribution < -0.4 is 10.1 Å². The predicted molar refractivity (Wildman–Crippen MR) is 85.1 cm³/mol. The Kier molecular flexibility index (Phi) is 4.08. The molecule has 4 heteroatoms. The van der Waals surface area contributed by atoms with Gasteiger partial charge in [0, 0.05) is 10.9 Å². The van der Waals surface area contributed by atoms with E-state index in [1.165, 1.54) is 11.1 Å². The Labute approximate surface area is 127 Å². The van der Waals surface area contributed by atoms with Crippen molar-refractivity contribution >= 4 is 10.8 Å². The molecule has 1 aliphatic carbocycles. The third kappa shape index (κ3) is 2.61. The van der Waals surface area contributed by atoms with Gasteiger partial charge >= 0.3 is 0 Å². The van der Waals surface area contributed by atoms with Crippen LogP contribution in [-0.4, -0.2) is 23.6 Å². The topological polar surface area (TPSA) is 38.3 Å². The van der Waals surface area contributed by atoms with Crippen molar-refractivity contribution in [1.82, 2.24) is 5.32 Å². The lowest BCUT2D eigenvalue weighted by Crippen LogP contribution is -2.29. The van der Waals surface area contributed by atoms with Crippen molar-refractivity contribution in [3.05, 3.63) is 59.7 Å². The van der Waals surface area contributed by atoms with Crippen LogP contribution >= 0.6 is 0 Å². The molecule has 3 unspecified atom stereocenters. The van der Waals surface area contributed by atoms with Crippen molar-refractivity contribution in [2.45, 2.75) is 22.6 Å². The molecule has 3 atom stereocenters. The summed E-state index contributed by atoms with van der Waals surface area (Å²) in [5.41, 5.74) is 2.45. The maximum atomic E-state index is 12.9. The van der Waals surface area contributed by atoms with Crippen LogP contribution in [0.25, 0.3) is 0 Å². The van der Waals surface area contributed by atoms with E-state index in [9.17, 15) is 4.21 Å². The van der Waals surface area contributed by atoms with E-state index in [1.54, 1.807) is 7.11 Å². The zero-order valence-corrected chi connectivity index (χ0v) is 13.0. The number of hydrogen-bond acceptors (Lipinski definition) is 3. The molecule has 0 heterocycles. The van der Waals surface area contributed by atoms with Gasteiger partial charge in [-0.2, -0.15) is 0 Å². The van der Waals surface area contributed by atoms with Crippen LogP contribution in [0.4, 0.5) is 0 Å². The normalized spacial score (nSPS) is 21.8. The number of ether oxygens (including phenoxy) is 1. The van der Waals surface area contributed by atoms with Gasteiger partial charge in [0.2, 0.25) is 0 Å². The highest BCUT2D eigenvalue weighted by Gasteiger charge is 2.36. The summed E-state index contributed by atoms with van der Waals surface area (Å²) in [5, 5.41) is 3.38. The van der Waals surface area contributed by atoms with Crippen molar-refractivity contribution < 1.29 is 8.95 Å². The molecule has 1 aliphatic rings. The molecule has 1 N–H and O–H groups in total. The highest BCUT2D eigenvalue weighted by Crippen LogP contribution is 2.37. The minimum atomic E-state index is -1.03. The fourth-order valence-corrected chi connectivity index (χ4v) is 4.62. The van der Waals surface area contributed by atoms with Crippen molar-refractivity contribution in [2.24, 2.45) is 0 Å². The Balaban J connectivity index is 1.94. The molecular weight excluding hydrogens is 282 g/mol. The maximum absolute atomic E-state index is 12.9. The molecule has 0 saturated heterocycles. The van der Waals surface area contributed by atoms with E-state index in [4.69, 9.17) is 4.74 Å². The lowest BCUT2D eigenvalue weighted by molar-refractivity contribution is 0.413. The molecule has 0 fully saturated rings. The third-order valence-electron chi connectivity index (χ3n) is 4.04. The van der Waals surface area contributed by atoms with Gasteiger partial charge in [-0.3, -0.25) is 4.21 Å². The molecule has 110 valence electrons. The summed E-state index contributed by atoms with van der Waals surface area (Å²) in [7, 11) is 2.57. The van der Waals surface area contributed by atoms with Gasteiger partial charge < -0.3 is 10.1 Å². The standard InChI is InChI=1S/C17H19NO2S/c1-18-17-15-11-13(20-2)9-8-12(15)10-16(17)21(19)14-6-4-3-5-7-14/h3-9,11,16-18H,10H2,1-2H3. The molecule has 0 spiro atoms. The van der Waals surface area contributed by atoms with Gasteiger partial charge in [0.15, 0.2) is 0 Å². The van der Waals surface area contributed by atoms with Crippen molar-refractivity contribution in [2.75, 3.05) is 14.2 Å². The Morgan fingerprint density at radius 3 is 2.62 bits per heavy atom. The van der Waals surface area contributed by atoms with Crippen LogP contribution in [0.1, 0.15) is 17.2 Å². The van der Waals surface area contributed by atoms with E-state index in [1.807, 2.05) is 43.4 Å². The average Bonchev–Trinajstić information content (AvgIpc) is 2.92. The second kappa shape index (κ2) is 6.00. The Morgan fingerprint density at radius 2 is 1.95 bits per heavy atom. The summed E-state index contributed by atoms with van der Waals surface area (Å²) >= 11 is 0. The molecule has 3 rings (SSSR count). The fraction of sp³-hybridized carbons (Fsp3) is 0.294. The number of methoxy groups -OCH3 is 1. The summed E-state index contributed by atoms with van der Waals surface area (Å²) in [5.74, 6) is 0.847. The van der Waals surface area contributed by atoms with Gasteiger partial charge in [-0.15, -0.1) is 0 Å². The molecule has 2 aromatic carbocycles. The quantitative estimate of drug-likeness (QED) is 0.943. The van der Waals surface area contributed by atoms with Gasteiger partial charge in [-0.25, -0.2) is 0 Å². The first-order valence-electron chi connectivity index (χ1n) is 7.04. The van der Waals surface area contributed by atoms with E-state index in [0.717, 1.165) is 17.1 Å². The average molecular weight is 301 g/mol. The van der Waals surface area contributed by atoms with Crippen LogP contribution in [0.2, 0.25) is 0 Å². The van der Waals surface area contributed by atoms with Crippen LogP contribution in [-0.2, 0) is 17.2 Å². The van der Waals surface area contributed by atoms with Crippen molar-refractivity contribution in [3.63, 3.8) is 0 Å². The van der Waals surface area contributed by atoms with Crippen molar-refractivity contribution in [1.29, 1.82) is 0 Å². The van der Waals surface area contributed by atoms with Crippen molar-refractivity contribution in [3.8, 4) is 5.75 Å². The Morgan fingerprint density at radius 1 is 1.19 bits per heavy atom. The van der Waals surface area contributed by atoms with Gasteiger partial charge in [-0.1, -0.05) is 24.3 Å². The second-order valence-electron chi connectivity index (χ2n) is 5.18. The second-order valence-corrected chi connectivity index (χ2v) is 6.86. The molecule has 0 bridgehead atoms. The molecule has 21 heavy (non-hydrogen) atoms. The first-order chi connectivity index (χ1) is 10.2. The van der Waals surface area contributed by atoms with E-state index in [-0.39, 0.29) is 11.3 Å². The molecule has 2 aromatic rings. The number of hydrogen-bond donors (Lipinski definition) is 1. The van der Waals surface area contributed by atoms with Crippen LogP contribution in [0.15, 0.2) is 53.4 Å². The number of fused-ring (bicyclic) bond motifs is 1. The fourth-order valence-electron chi connectivity index (χ4n) is 2.98. The van der Waals surface area contributed by atoms with E-state index >= 15 is 0 Å². The zero-order chi connectivity index (χ0) is 14.8. The molecule has 0 aliphatic heterocycles. The molecule has 3 nitrogen and oxygen atoms in total. The highest BCUT2D eigenvalue weighted by molar-refractivity contribution is 7.85. The largest absolute Gasteiger partial charge is 0.497 e. The summed E-state index contributed by atoms with van der Waals surface area (Å²) in [4.78, 5) is 0.891. The van der Waals surface area contributed by atoms with Gasteiger partial charge in [0.05, 0.1) is 23.2 Å². The zero-order valence-electron chi connectivity index (χ0n) is 12.2. The summed E-state index contributed by atoms with van der Waals surface area (Å²) in [6.45, 7) is 0. The lowest BCUT2D eigenvalue weighted by atomic mass is 10.1. The van der Waals surface area contributed by atoms with Crippen LogP contribution in [0.3, 0.4) is 0 Å². The molecule has 0 radical (unpaired) electrons. The molecular formula is C17H19NO2S. The molecule has 0 aromatic heterocycles. The first-order valence-corrected chi connectivity index (χ1v) is 8.25. The third-order valence-corrected chi connectivity index (χ3v) is 5.77. The van der Waals surface area contributed by atoms with Crippen LogP contribution in [0.5, 0.6) is 5.75 Å². The van der Waals surface area contributed by atoms with Gasteiger partial charge in [0.1, 0.15) is 5.75 Å².